The van der Waals surface area contributed by atoms with Crippen LogP contribution in [0.3, 0.4) is 0 Å². The van der Waals surface area contributed by atoms with E-state index in [0.29, 0.717) is 6.42 Å². The van der Waals surface area contributed by atoms with Crippen molar-refractivity contribution in [3.05, 3.63) is 57.3 Å². The number of aryl methyl sites for hydroxylation is 2. The zero-order valence-corrected chi connectivity index (χ0v) is 10.4. The van der Waals surface area contributed by atoms with Gasteiger partial charge in [0.1, 0.15) is 0 Å². The van der Waals surface area contributed by atoms with Crippen molar-refractivity contribution in [1.82, 2.24) is 0 Å². The molecule has 1 heterocycles. The Balaban J connectivity index is 2.14. The Kier molecular flexibility index (Phi) is 3.42. The van der Waals surface area contributed by atoms with E-state index >= 15 is 0 Å². The third-order valence-electron chi connectivity index (χ3n) is 2.72. The molecule has 2 rings (SSSR count). The molecule has 84 valence electrons. The largest absolute Gasteiger partial charge is 0.387 e. The summed E-state index contributed by atoms with van der Waals surface area (Å²) in [4.78, 5) is 1.08. The van der Waals surface area contributed by atoms with Gasteiger partial charge in [0, 0.05) is 11.3 Å². The standard InChI is InChI=1S/C14H16OS/c1-10-4-3-5-12(8-10)9-13(15)14-11(2)6-7-16-14/h3-8,13,15H,9H2,1-2H3. The van der Waals surface area contributed by atoms with Gasteiger partial charge >= 0.3 is 0 Å². The number of benzene rings is 1. The van der Waals surface area contributed by atoms with E-state index in [1.54, 1.807) is 11.3 Å². The predicted molar refractivity (Wildman–Crippen MR) is 68.9 cm³/mol. The molecular formula is C14H16OS. The van der Waals surface area contributed by atoms with Gasteiger partial charge in [0.25, 0.3) is 0 Å². The second-order valence-electron chi connectivity index (χ2n) is 4.18. The summed E-state index contributed by atoms with van der Waals surface area (Å²) in [5.74, 6) is 0. The molecule has 0 saturated carbocycles. The van der Waals surface area contributed by atoms with Crippen LogP contribution in [0.25, 0.3) is 0 Å². The van der Waals surface area contributed by atoms with E-state index in [1.807, 2.05) is 18.4 Å². The summed E-state index contributed by atoms with van der Waals surface area (Å²) in [5.41, 5.74) is 3.62. The van der Waals surface area contributed by atoms with Crippen LogP contribution in [0.2, 0.25) is 0 Å². The van der Waals surface area contributed by atoms with E-state index in [2.05, 4.69) is 31.2 Å². The van der Waals surface area contributed by atoms with Crippen LogP contribution in [-0.2, 0) is 6.42 Å². The molecule has 16 heavy (non-hydrogen) atoms. The average Bonchev–Trinajstić information content (AvgIpc) is 2.64. The zero-order chi connectivity index (χ0) is 11.5. The number of hydrogen-bond acceptors (Lipinski definition) is 2. The van der Waals surface area contributed by atoms with Crippen molar-refractivity contribution in [2.24, 2.45) is 0 Å². The van der Waals surface area contributed by atoms with Crippen molar-refractivity contribution < 1.29 is 5.11 Å². The Hall–Kier alpha value is -1.12. The minimum absolute atomic E-state index is 0.373. The van der Waals surface area contributed by atoms with Crippen molar-refractivity contribution >= 4 is 11.3 Å². The highest BCUT2D eigenvalue weighted by atomic mass is 32.1. The fraction of sp³-hybridized carbons (Fsp3) is 0.286. The van der Waals surface area contributed by atoms with Crippen LogP contribution < -0.4 is 0 Å². The molecule has 2 aromatic rings. The molecule has 1 nitrogen and oxygen atoms in total. The topological polar surface area (TPSA) is 20.2 Å². The van der Waals surface area contributed by atoms with Crippen LogP contribution in [0.1, 0.15) is 27.7 Å². The van der Waals surface area contributed by atoms with Gasteiger partial charge in [-0.1, -0.05) is 29.8 Å². The fourth-order valence-electron chi connectivity index (χ4n) is 1.88. The van der Waals surface area contributed by atoms with E-state index in [4.69, 9.17) is 0 Å². The van der Waals surface area contributed by atoms with Crippen molar-refractivity contribution in [2.45, 2.75) is 26.4 Å². The van der Waals surface area contributed by atoms with Gasteiger partial charge < -0.3 is 5.11 Å². The molecule has 0 fully saturated rings. The molecule has 1 N–H and O–H groups in total. The van der Waals surface area contributed by atoms with Crippen LogP contribution in [0, 0.1) is 13.8 Å². The number of thiophene rings is 1. The maximum Gasteiger partial charge on any atom is 0.0924 e. The first-order chi connectivity index (χ1) is 7.66. The Morgan fingerprint density at radius 2 is 2.06 bits per heavy atom. The lowest BCUT2D eigenvalue weighted by atomic mass is 10.0. The Bertz CT molecular complexity index is 473. The predicted octanol–water partition coefficient (Wildman–Crippen LogP) is 3.64. The smallest absolute Gasteiger partial charge is 0.0924 e. The van der Waals surface area contributed by atoms with Crippen LogP contribution in [-0.4, -0.2) is 5.11 Å². The van der Waals surface area contributed by atoms with Gasteiger partial charge in [-0.05, 0) is 36.4 Å². The third kappa shape index (κ3) is 2.52. The zero-order valence-electron chi connectivity index (χ0n) is 9.60. The van der Waals surface area contributed by atoms with E-state index in [9.17, 15) is 5.11 Å². The van der Waals surface area contributed by atoms with Gasteiger partial charge in [-0.25, -0.2) is 0 Å². The maximum atomic E-state index is 10.1. The molecule has 0 aliphatic heterocycles. The highest BCUT2D eigenvalue weighted by molar-refractivity contribution is 7.10. The Morgan fingerprint density at radius 1 is 1.25 bits per heavy atom. The lowest BCUT2D eigenvalue weighted by Gasteiger charge is -2.10. The molecule has 1 atom stereocenters. The van der Waals surface area contributed by atoms with E-state index < -0.39 is 0 Å². The second kappa shape index (κ2) is 4.81. The van der Waals surface area contributed by atoms with Gasteiger partial charge in [-0.15, -0.1) is 11.3 Å². The highest BCUT2D eigenvalue weighted by Gasteiger charge is 2.12. The molecule has 0 spiro atoms. The first kappa shape index (κ1) is 11.4. The van der Waals surface area contributed by atoms with E-state index in [-0.39, 0.29) is 6.10 Å². The molecule has 0 radical (unpaired) electrons. The molecule has 1 aromatic carbocycles. The molecule has 1 unspecified atom stereocenters. The number of hydrogen-bond donors (Lipinski definition) is 1. The van der Waals surface area contributed by atoms with E-state index in [1.165, 1.54) is 16.7 Å². The third-order valence-corrected chi connectivity index (χ3v) is 3.84. The van der Waals surface area contributed by atoms with Crippen LogP contribution in [0.4, 0.5) is 0 Å². The fourth-order valence-corrected chi connectivity index (χ4v) is 2.79. The van der Waals surface area contributed by atoms with Crippen molar-refractivity contribution in [3.63, 3.8) is 0 Å². The van der Waals surface area contributed by atoms with Crippen molar-refractivity contribution in [2.75, 3.05) is 0 Å². The minimum Gasteiger partial charge on any atom is -0.387 e. The SMILES string of the molecule is Cc1cccc(CC(O)c2sccc2C)c1. The van der Waals surface area contributed by atoms with Gasteiger partial charge in [-0.2, -0.15) is 0 Å². The number of aliphatic hydroxyl groups excluding tert-OH is 1. The second-order valence-corrected chi connectivity index (χ2v) is 5.12. The van der Waals surface area contributed by atoms with Crippen LogP contribution in [0.5, 0.6) is 0 Å². The van der Waals surface area contributed by atoms with Gasteiger partial charge in [0.05, 0.1) is 6.10 Å². The lowest BCUT2D eigenvalue weighted by molar-refractivity contribution is 0.181. The van der Waals surface area contributed by atoms with Crippen molar-refractivity contribution in [1.29, 1.82) is 0 Å². The molecule has 0 saturated heterocycles. The molecule has 0 bridgehead atoms. The number of aliphatic hydroxyl groups is 1. The quantitative estimate of drug-likeness (QED) is 0.856. The van der Waals surface area contributed by atoms with Crippen LogP contribution >= 0.6 is 11.3 Å². The summed E-state index contributed by atoms with van der Waals surface area (Å²) in [7, 11) is 0. The Labute approximate surface area is 100 Å². The monoisotopic (exact) mass is 232 g/mol. The molecule has 0 aliphatic rings. The average molecular weight is 232 g/mol. The lowest BCUT2D eigenvalue weighted by Crippen LogP contribution is -2.01. The molecule has 2 heteroatoms. The summed E-state index contributed by atoms with van der Waals surface area (Å²) in [5, 5.41) is 12.2. The molecular weight excluding hydrogens is 216 g/mol. The first-order valence-electron chi connectivity index (χ1n) is 5.44. The Morgan fingerprint density at radius 3 is 2.69 bits per heavy atom. The summed E-state index contributed by atoms with van der Waals surface area (Å²) in [6.07, 6.45) is 0.324. The normalized spacial score (nSPS) is 12.7. The minimum atomic E-state index is -0.373. The van der Waals surface area contributed by atoms with Gasteiger partial charge in [0.15, 0.2) is 0 Å². The van der Waals surface area contributed by atoms with Gasteiger partial charge in [-0.3, -0.25) is 0 Å². The number of rotatable bonds is 3. The van der Waals surface area contributed by atoms with Crippen molar-refractivity contribution in [3.8, 4) is 0 Å². The molecule has 0 amide bonds. The van der Waals surface area contributed by atoms with E-state index in [0.717, 1.165) is 4.88 Å². The summed E-state index contributed by atoms with van der Waals surface area (Å²) in [6, 6.07) is 10.4. The van der Waals surface area contributed by atoms with Crippen LogP contribution in [0.15, 0.2) is 35.7 Å². The maximum absolute atomic E-state index is 10.1. The summed E-state index contributed by atoms with van der Waals surface area (Å²) >= 11 is 1.63. The first-order valence-corrected chi connectivity index (χ1v) is 6.32. The molecule has 1 aromatic heterocycles. The summed E-state index contributed by atoms with van der Waals surface area (Å²) < 4.78 is 0. The molecule has 0 aliphatic carbocycles. The van der Waals surface area contributed by atoms with Gasteiger partial charge in [0.2, 0.25) is 0 Å². The summed E-state index contributed by atoms with van der Waals surface area (Å²) in [6.45, 7) is 4.12. The highest BCUT2D eigenvalue weighted by Crippen LogP contribution is 2.26.